The first-order valence-corrected chi connectivity index (χ1v) is 8.96. The molecule has 4 nitrogen and oxygen atoms in total. The highest BCUT2D eigenvalue weighted by molar-refractivity contribution is 5.79. The van der Waals surface area contributed by atoms with E-state index < -0.39 is 0 Å². The molecular weight excluding hydrogens is 310 g/mol. The summed E-state index contributed by atoms with van der Waals surface area (Å²) in [6, 6.07) is 16.8. The molecule has 1 saturated heterocycles. The Morgan fingerprint density at radius 2 is 1.80 bits per heavy atom. The molecule has 0 bridgehead atoms. The zero-order chi connectivity index (χ0) is 17.2. The molecule has 0 saturated carbocycles. The predicted octanol–water partition coefficient (Wildman–Crippen LogP) is 3.75. The number of aromatic nitrogens is 2. The zero-order valence-electron chi connectivity index (χ0n) is 14.6. The third-order valence-corrected chi connectivity index (χ3v) is 5.29. The SMILES string of the molecule is Cc1ccccc1CC(=O)N1CCC(n2cnc3ccccc32)CC1. The molecule has 1 aliphatic rings. The van der Waals surface area contributed by atoms with Gasteiger partial charge in [-0.05, 0) is 43.0 Å². The Labute approximate surface area is 148 Å². The van der Waals surface area contributed by atoms with Crippen LogP contribution in [0.2, 0.25) is 0 Å². The standard InChI is InChI=1S/C21H23N3O/c1-16-6-2-3-7-17(16)14-21(25)23-12-10-18(11-13-23)24-15-22-19-8-4-5-9-20(19)24/h2-9,15,18H,10-14H2,1H3. The Hall–Kier alpha value is -2.62. The van der Waals surface area contributed by atoms with Gasteiger partial charge in [0.1, 0.15) is 0 Å². The fourth-order valence-electron chi connectivity index (χ4n) is 3.75. The maximum absolute atomic E-state index is 12.6. The molecule has 128 valence electrons. The fraction of sp³-hybridized carbons (Fsp3) is 0.333. The Morgan fingerprint density at radius 1 is 1.08 bits per heavy atom. The highest BCUT2D eigenvalue weighted by Gasteiger charge is 2.24. The van der Waals surface area contributed by atoms with E-state index in [4.69, 9.17) is 0 Å². The predicted molar refractivity (Wildman–Crippen MR) is 99.5 cm³/mol. The number of likely N-dealkylation sites (tertiary alicyclic amines) is 1. The van der Waals surface area contributed by atoms with Gasteiger partial charge in [0.05, 0.1) is 23.8 Å². The van der Waals surface area contributed by atoms with Crippen molar-refractivity contribution in [2.45, 2.75) is 32.2 Å². The van der Waals surface area contributed by atoms with Crippen LogP contribution in [0.15, 0.2) is 54.9 Å². The molecule has 1 fully saturated rings. The number of piperidine rings is 1. The molecule has 0 N–H and O–H groups in total. The lowest BCUT2D eigenvalue weighted by atomic mass is 10.0. The van der Waals surface area contributed by atoms with Crippen LogP contribution in [-0.4, -0.2) is 33.4 Å². The molecule has 3 aromatic rings. The summed E-state index contributed by atoms with van der Waals surface area (Å²) in [5, 5.41) is 0. The van der Waals surface area contributed by atoms with Crippen molar-refractivity contribution >= 4 is 16.9 Å². The Morgan fingerprint density at radius 3 is 2.60 bits per heavy atom. The number of nitrogens with zero attached hydrogens (tertiary/aromatic N) is 3. The topological polar surface area (TPSA) is 38.1 Å². The average molecular weight is 333 g/mol. The number of para-hydroxylation sites is 2. The molecule has 4 heteroatoms. The van der Waals surface area contributed by atoms with E-state index >= 15 is 0 Å². The normalized spacial score (nSPS) is 15.6. The minimum Gasteiger partial charge on any atom is -0.342 e. The van der Waals surface area contributed by atoms with Crippen molar-refractivity contribution in [1.82, 2.24) is 14.5 Å². The first-order chi connectivity index (χ1) is 12.2. The maximum Gasteiger partial charge on any atom is 0.227 e. The monoisotopic (exact) mass is 333 g/mol. The second kappa shape index (κ2) is 6.71. The van der Waals surface area contributed by atoms with Gasteiger partial charge in [-0.1, -0.05) is 36.4 Å². The van der Waals surface area contributed by atoms with E-state index in [-0.39, 0.29) is 5.91 Å². The van der Waals surface area contributed by atoms with Crippen LogP contribution in [-0.2, 0) is 11.2 Å². The van der Waals surface area contributed by atoms with Gasteiger partial charge in [-0.3, -0.25) is 4.79 Å². The van der Waals surface area contributed by atoms with Crippen molar-refractivity contribution in [3.63, 3.8) is 0 Å². The summed E-state index contributed by atoms with van der Waals surface area (Å²) in [7, 11) is 0. The van der Waals surface area contributed by atoms with Gasteiger partial charge >= 0.3 is 0 Å². The van der Waals surface area contributed by atoms with Crippen molar-refractivity contribution in [1.29, 1.82) is 0 Å². The highest BCUT2D eigenvalue weighted by Crippen LogP contribution is 2.27. The van der Waals surface area contributed by atoms with Crippen molar-refractivity contribution in [2.75, 3.05) is 13.1 Å². The number of hydrogen-bond donors (Lipinski definition) is 0. The van der Waals surface area contributed by atoms with Crippen molar-refractivity contribution in [3.05, 3.63) is 66.0 Å². The van der Waals surface area contributed by atoms with Gasteiger partial charge in [-0.25, -0.2) is 4.98 Å². The Bertz CT molecular complexity index is 891. The first-order valence-electron chi connectivity index (χ1n) is 8.96. The maximum atomic E-state index is 12.6. The van der Waals surface area contributed by atoms with Crippen LogP contribution in [0.4, 0.5) is 0 Å². The third-order valence-electron chi connectivity index (χ3n) is 5.29. The summed E-state index contributed by atoms with van der Waals surface area (Å²) < 4.78 is 2.28. The lowest BCUT2D eigenvalue weighted by molar-refractivity contribution is -0.131. The van der Waals surface area contributed by atoms with Crippen molar-refractivity contribution in [2.24, 2.45) is 0 Å². The van der Waals surface area contributed by atoms with Gasteiger partial charge in [0, 0.05) is 19.1 Å². The Balaban J connectivity index is 1.41. The minimum absolute atomic E-state index is 0.239. The van der Waals surface area contributed by atoms with Crippen LogP contribution < -0.4 is 0 Å². The molecule has 0 spiro atoms. The van der Waals surface area contributed by atoms with Gasteiger partial charge in [0.25, 0.3) is 0 Å². The van der Waals surface area contributed by atoms with Crippen molar-refractivity contribution in [3.8, 4) is 0 Å². The molecule has 0 radical (unpaired) electrons. The zero-order valence-corrected chi connectivity index (χ0v) is 14.6. The number of rotatable bonds is 3. The molecule has 0 unspecified atom stereocenters. The summed E-state index contributed by atoms with van der Waals surface area (Å²) in [5.74, 6) is 0.239. The molecule has 0 atom stereocenters. The van der Waals surface area contributed by atoms with Crippen LogP contribution >= 0.6 is 0 Å². The number of carbonyl (C=O) groups excluding carboxylic acids is 1. The summed E-state index contributed by atoms with van der Waals surface area (Å²) >= 11 is 0. The number of carbonyl (C=O) groups is 1. The average Bonchev–Trinajstić information content (AvgIpc) is 3.08. The second-order valence-electron chi connectivity index (χ2n) is 6.86. The van der Waals surface area contributed by atoms with E-state index in [9.17, 15) is 4.79 Å². The lowest BCUT2D eigenvalue weighted by Crippen LogP contribution is -2.39. The molecule has 1 aliphatic heterocycles. The smallest absolute Gasteiger partial charge is 0.227 e. The minimum atomic E-state index is 0.239. The second-order valence-corrected chi connectivity index (χ2v) is 6.86. The number of hydrogen-bond acceptors (Lipinski definition) is 2. The summed E-state index contributed by atoms with van der Waals surface area (Å²) in [6.45, 7) is 3.71. The van der Waals surface area contributed by atoms with Crippen LogP contribution in [0, 0.1) is 6.92 Å². The third kappa shape index (κ3) is 3.16. The molecule has 4 rings (SSSR count). The lowest BCUT2D eigenvalue weighted by Gasteiger charge is -2.33. The summed E-state index contributed by atoms with van der Waals surface area (Å²) in [4.78, 5) is 19.1. The quantitative estimate of drug-likeness (QED) is 0.732. The van der Waals surface area contributed by atoms with Gasteiger partial charge in [-0.2, -0.15) is 0 Å². The molecule has 0 aliphatic carbocycles. The number of imidazole rings is 1. The van der Waals surface area contributed by atoms with Crippen LogP contribution in [0.5, 0.6) is 0 Å². The number of benzene rings is 2. The van der Waals surface area contributed by atoms with E-state index in [1.165, 1.54) is 11.1 Å². The van der Waals surface area contributed by atoms with E-state index in [0.29, 0.717) is 12.5 Å². The molecule has 25 heavy (non-hydrogen) atoms. The first kappa shape index (κ1) is 15.9. The largest absolute Gasteiger partial charge is 0.342 e. The van der Waals surface area contributed by atoms with Gasteiger partial charge in [0.15, 0.2) is 0 Å². The van der Waals surface area contributed by atoms with E-state index in [2.05, 4.69) is 40.7 Å². The van der Waals surface area contributed by atoms with E-state index in [1.807, 2.05) is 35.5 Å². The number of aryl methyl sites for hydroxylation is 1. The van der Waals surface area contributed by atoms with E-state index in [1.54, 1.807) is 0 Å². The summed E-state index contributed by atoms with van der Waals surface area (Å²) in [6.07, 6.45) is 4.42. The molecule has 2 aromatic carbocycles. The highest BCUT2D eigenvalue weighted by atomic mass is 16.2. The summed E-state index contributed by atoms with van der Waals surface area (Å²) in [5.41, 5.74) is 4.55. The number of amides is 1. The molecule has 1 aromatic heterocycles. The molecule has 2 heterocycles. The molecule has 1 amide bonds. The Kier molecular flexibility index (Phi) is 4.26. The fourth-order valence-corrected chi connectivity index (χ4v) is 3.75. The van der Waals surface area contributed by atoms with Crippen LogP contribution in [0.25, 0.3) is 11.0 Å². The van der Waals surface area contributed by atoms with Gasteiger partial charge < -0.3 is 9.47 Å². The number of fused-ring (bicyclic) bond motifs is 1. The van der Waals surface area contributed by atoms with Gasteiger partial charge in [0.2, 0.25) is 5.91 Å². The molecular formula is C21H23N3O. The van der Waals surface area contributed by atoms with Crippen LogP contribution in [0.3, 0.4) is 0 Å². The van der Waals surface area contributed by atoms with E-state index in [0.717, 1.165) is 37.0 Å². The van der Waals surface area contributed by atoms with Crippen molar-refractivity contribution < 1.29 is 4.79 Å². The van der Waals surface area contributed by atoms with Crippen LogP contribution in [0.1, 0.15) is 30.0 Å². The van der Waals surface area contributed by atoms with Gasteiger partial charge in [-0.15, -0.1) is 0 Å².